The first kappa shape index (κ1) is 16.0. The van der Waals surface area contributed by atoms with Crippen molar-refractivity contribution < 1.29 is 4.52 Å². The Bertz CT molecular complexity index is 989. The first-order valence-corrected chi connectivity index (χ1v) is 8.69. The molecule has 1 aliphatic rings. The molecular weight excluding hydrogens is 316 g/mol. The van der Waals surface area contributed by atoms with Gasteiger partial charge in [-0.1, -0.05) is 29.4 Å². The van der Waals surface area contributed by atoms with Crippen molar-refractivity contribution in [1.82, 2.24) is 19.8 Å². The first-order valence-electron chi connectivity index (χ1n) is 8.69. The van der Waals surface area contributed by atoms with Crippen LogP contribution in [0.25, 0.3) is 10.9 Å². The molecule has 0 aliphatic carbocycles. The van der Waals surface area contributed by atoms with Crippen LogP contribution >= 0.6 is 0 Å². The van der Waals surface area contributed by atoms with Crippen LogP contribution < -0.4 is 5.56 Å². The van der Waals surface area contributed by atoms with Crippen LogP contribution in [0.1, 0.15) is 41.5 Å². The number of rotatable bonds is 3. The normalized spacial score (nSPS) is 18.3. The minimum atomic E-state index is -0.187. The van der Waals surface area contributed by atoms with Crippen LogP contribution in [0, 0.1) is 20.8 Å². The van der Waals surface area contributed by atoms with Crippen LogP contribution in [0.5, 0.6) is 0 Å². The zero-order valence-corrected chi connectivity index (χ0v) is 14.8. The van der Waals surface area contributed by atoms with Crippen LogP contribution in [0.3, 0.4) is 0 Å². The van der Waals surface area contributed by atoms with Crippen LogP contribution in [-0.2, 0) is 6.67 Å². The third-order valence-corrected chi connectivity index (χ3v) is 5.16. The summed E-state index contributed by atoms with van der Waals surface area (Å²) in [6, 6.07) is 8.80. The molecular formula is C19H22N4O2. The quantitative estimate of drug-likeness (QED) is 0.734. The molecule has 1 saturated heterocycles. The maximum atomic E-state index is 12.7. The van der Waals surface area contributed by atoms with E-state index in [2.05, 4.69) is 46.3 Å². The van der Waals surface area contributed by atoms with Gasteiger partial charge in [-0.15, -0.1) is 0 Å². The Balaban J connectivity index is 1.70. The number of hydrogen-bond acceptors (Lipinski definition) is 5. The topological polar surface area (TPSA) is 64.2 Å². The summed E-state index contributed by atoms with van der Waals surface area (Å²) in [5.41, 5.74) is 3.59. The minimum absolute atomic E-state index is 0.187. The second-order valence-electron chi connectivity index (χ2n) is 6.82. The molecule has 0 radical (unpaired) electrons. The van der Waals surface area contributed by atoms with Gasteiger partial charge in [-0.3, -0.25) is 9.69 Å². The molecule has 4 rings (SSSR count). The molecule has 1 fully saturated rings. The Hall–Kier alpha value is -2.47. The van der Waals surface area contributed by atoms with E-state index in [1.165, 1.54) is 15.8 Å². The fraction of sp³-hybridized carbons (Fsp3) is 0.421. The van der Waals surface area contributed by atoms with Crippen LogP contribution in [0.4, 0.5) is 0 Å². The highest BCUT2D eigenvalue weighted by Crippen LogP contribution is 2.33. The SMILES string of the molecule is Cc1ccccc1[C@@H]1CCCN1Cn1nc(C)c2c(C)onc2c1=O. The van der Waals surface area contributed by atoms with Crippen molar-refractivity contribution in [1.29, 1.82) is 0 Å². The lowest BCUT2D eigenvalue weighted by Crippen LogP contribution is -2.34. The smallest absolute Gasteiger partial charge is 0.298 e. The fourth-order valence-electron chi connectivity index (χ4n) is 3.92. The first-order chi connectivity index (χ1) is 12.1. The second-order valence-corrected chi connectivity index (χ2v) is 6.82. The van der Waals surface area contributed by atoms with Crippen molar-refractivity contribution in [2.75, 3.05) is 6.54 Å². The molecule has 2 aromatic heterocycles. The minimum Gasteiger partial charge on any atom is -0.360 e. The van der Waals surface area contributed by atoms with Crippen molar-refractivity contribution in [3.63, 3.8) is 0 Å². The molecule has 3 heterocycles. The van der Waals surface area contributed by atoms with Crippen molar-refractivity contribution in [3.05, 3.63) is 57.2 Å². The van der Waals surface area contributed by atoms with Crippen molar-refractivity contribution >= 4 is 10.9 Å². The molecule has 25 heavy (non-hydrogen) atoms. The zero-order valence-electron chi connectivity index (χ0n) is 14.8. The predicted molar refractivity (Wildman–Crippen MR) is 95.4 cm³/mol. The second kappa shape index (κ2) is 6.11. The Morgan fingerprint density at radius 3 is 2.84 bits per heavy atom. The summed E-state index contributed by atoms with van der Waals surface area (Å²) in [7, 11) is 0. The van der Waals surface area contributed by atoms with Gasteiger partial charge in [-0.05, 0) is 44.7 Å². The van der Waals surface area contributed by atoms with Gasteiger partial charge >= 0.3 is 0 Å². The molecule has 130 valence electrons. The highest BCUT2D eigenvalue weighted by atomic mass is 16.5. The number of likely N-dealkylation sites (tertiary alicyclic amines) is 1. The summed E-state index contributed by atoms with van der Waals surface area (Å²) < 4.78 is 6.71. The molecule has 1 atom stereocenters. The lowest BCUT2D eigenvalue weighted by Gasteiger charge is -2.26. The van der Waals surface area contributed by atoms with Gasteiger partial charge < -0.3 is 4.52 Å². The van der Waals surface area contributed by atoms with Crippen LogP contribution in [0.2, 0.25) is 0 Å². The van der Waals surface area contributed by atoms with Crippen molar-refractivity contribution in [2.24, 2.45) is 0 Å². The number of fused-ring (bicyclic) bond motifs is 1. The number of benzene rings is 1. The van der Waals surface area contributed by atoms with E-state index < -0.39 is 0 Å². The van der Waals surface area contributed by atoms with Gasteiger partial charge in [0.1, 0.15) is 5.76 Å². The van der Waals surface area contributed by atoms with Crippen molar-refractivity contribution in [3.8, 4) is 0 Å². The van der Waals surface area contributed by atoms with E-state index in [9.17, 15) is 4.79 Å². The summed E-state index contributed by atoms with van der Waals surface area (Å²) in [6.45, 7) is 7.28. The van der Waals surface area contributed by atoms with E-state index in [-0.39, 0.29) is 5.56 Å². The molecule has 0 spiro atoms. The molecule has 0 saturated carbocycles. The van der Waals surface area contributed by atoms with Gasteiger partial charge in [0.2, 0.25) is 0 Å². The molecule has 0 N–H and O–H groups in total. The zero-order chi connectivity index (χ0) is 17.6. The molecule has 0 bridgehead atoms. The average Bonchev–Trinajstić information content (AvgIpc) is 3.20. The maximum absolute atomic E-state index is 12.7. The van der Waals surface area contributed by atoms with E-state index in [4.69, 9.17) is 4.52 Å². The van der Waals surface area contributed by atoms with Gasteiger partial charge in [0.05, 0.1) is 17.7 Å². The van der Waals surface area contributed by atoms with E-state index in [0.29, 0.717) is 24.0 Å². The summed E-state index contributed by atoms with van der Waals surface area (Å²) in [4.78, 5) is 15.1. The van der Waals surface area contributed by atoms with Gasteiger partial charge in [0.25, 0.3) is 5.56 Å². The maximum Gasteiger partial charge on any atom is 0.298 e. The molecule has 1 aliphatic heterocycles. The molecule has 0 amide bonds. The highest BCUT2D eigenvalue weighted by molar-refractivity contribution is 5.81. The van der Waals surface area contributed by atoms with E-state index in [1.54, 1.807) is 0 Å². The average molecular weight is 338 g/mol. The summed E-state index contributed by atoms with van der Waals surface area (Å²) in [5, 5.41) is 9.18. The molecule has 6 nitrogen and oxygen atoms in total. The summed E-state index contributed by atoms with van der Waals surface area (Å²) in [5.74, 6) is 0.642. The predicted octanol–water partition coefficient (Wildman–Crippen LogP) is 3.10. The Labute approximate surface area is 146 Å². The number of aromatic nitrogens is 3. The molecule has 0 unspecified atom stereocenters. The molecule has 3 aromatic rings. The third kappa shape index (κ3) is 2.66. The van der Waals surface area contributed by atoms with Gasteiger partial charge in [-0.2, -0.15) is 5.10 Å². The Morgan fingerprint density at radius 1 is 1.24 bits per heavy atom. The van der Waals surface area contributed by atoms with Gasteiger partial charge in [-0.25, -0.2) is 4.68 Å². The van der Waals surface area contributed by atoms with Crippen molar-refractivity contribution in [2.45, 2.75) is 46.3 Å². The molecule has 1 aromatic carbocycles. The number of aryl methyl sites for hydroxylation is 3. The van der Waals surface area contributed by atoms with Crippen LogP contribution in [0.15, 0.2) is 33.6 Å². The van der Waals surface area contributed by atoms with Gasteiger partial charge in [0.15, 0.2) is 5.52 Å². The summed E-state index contributed by atoms with van der Waals surface area (Å²) >= 11 is 0. The van der Waals surface area contributed by atoms with Gasteiger partial charge in [0, 0.05) is 12.6 Å². The Morgan fingerprint density at radius 2 is 2.04 bits per heavy atom. The van der Waals surface area contributed by atoms with E-state index >= 15 is 0 Å². The highest BCUT2D eigenvalue weighted by Gasteiger charge is 2.28. The van der Waals surface area contributed by atoms with E-state index in [1.807, 2.05) is 13.8 Å². The monoisotopic (exact) mass is 338 g/mol. The standard InChI is InChI=1S/C19H22N4O2/c1-12-7-4-5-8-15(12)16-9-6-10-22(16)11-23-19(24)18-17(13(2)20-23)14(3)25-21-18/h4-5,7-8,16H,6,9-11H2,1-3H3/t16-/m0/s1. The largest absolute Gasteiger partial charge is 0.360 e. The third-order valence-electron chi connectivity index (χ3n) is 5.16. The number of hydrogen-bond donors (Lipinski definition) is 0. The Kier molecular flexibility index (Phi) is 3.92. The fourth-order valence-corrected chi connectivity index (χ4v) is 3.92. The number of nitrogens with zero attached hydrogens (tertiary/aromatic N) is 4. The van der Waals surface area contributed by atoms with E-state index in [0.717, 1.165) is 30.5 Å². The lowest BCUT2D eigenvalue weighted by atomic mass is 10.00. The summed E-state index contributed by atoms with van der Waals surface area (Å²) in [6.07, 6.45) is 2.22. The lowest BCUT2D eigenvalue weighted by molar-refractivity contribution is 0.186. The molecule has 6 heteroatoms. The van der Waals surface area contributed by atoms with Crippen LogP contribution in [-0.4, -0.2) is 26.4 Å².